The van der Waals surface area contributed by atoms with Crippen LogP contribution < -0.4 is 5.32 Å². The van der Waals surface area contributed by atoms with E-state index >= 15 is 0 Å². The van der Waals surface area contributed by atoms with Crippen LogP contribution in [-0.2, 0) is 5.41 Å². The third kappa shape index (κ3) is 2.43. The molecule has 18 heavy (non-hydrogen) atoms. The van der Waals surface area contributed by atoms with Gasteiger partial charge < -0.3 is 9.73 Å². The van der Waals surface area contributed by atoms with Crippen molar-refractivity contribution in [2.75, 3.05) is 13.6 Å². The fourth-order valence-electron chi connectivity index (χ4n) is 1.68. The number of rotatable bonds is 3. The molecule has 1 aromatic heterocycles. The van der Waals surface area contributed by atoms with Crippen LogP contribution >= 0.6 is 0 Å². The Balaban J connectivity index is 2.43. The Hall–Kier alpha value is -1.68. The summed E-state index contributed by atoms with van der Waals surface area (Å²) >= 11 is 0. The van der Waals surface area contributed by atoms with Gasteiger partial charge in [-0.3, -0.25) is 4.79 Å². The van der Waals surface area contributed by atoms with Crippen LogP contribution in [0.25, 0.3) is 11.1 Å². The first-order chi connectivity index (χ1) is 8.41. The first-order valence-corrected chi connectivity index (χ1v) is 6.00. The van der Waals surface area contributed by atoms with Crippen LogP contribution in [0.4, 0.5) is 0 Å². The molecular weight excluding hydrogens is 228 g/mol. The predicted molar refractivity (Wildman–Crippen MR) is 71.0 cm³/mol. The summed E-state index contributed by atoms with van der Waals surface area (Å²) in [5.41, 5.74) is 1.99. The second kappa shape index (κ2) is 4.53. The van der Waals surface area contributed by atoms with Gasteiger partial charge in [-0.05, 0) is 25.2 Å². The molecule has 0 bridgehead atoms. The van der Waals surface area contributed by atoms with Gasteiger partial charge in [0.2, 0.25) is 5.89 Å². The molecule has 0 saturated carbocycles. The maximum Gasteiger partial charge on any atom is 0.200 e. The lowest BCUT2D eigenvalue weighted by Gasteiger charge is -2.11. The number of nitrogens with zero attached hydrogens (tertiary/aromatic N) is 1. The quantitative estimate of drug-likeness (QED) is 0.845. The molecule has 0 atom stereocenters. The third-order valence-corrected chi connectivity index (χ3v) is 2.69. The van der Waals surface area contributed by atoms with Crippen molar-refractivity contribution in [2.24, 2.45) is 0 Å². The lowest BCUT2D eigenvalue weighted by molar-refractivity contribution is 0.0993. The average molecular weight is 246 g/mol. The van der Waals surface area contributed by atoms with Crippen molar-refractivity contribution < 1.29 is 9.21 Å². The largest absolute Gasteiger partial charge is 0.440 e. The summed E-state index contributed by atoms with van der Waals surface area (Å²) in [7, 11) is 1.75. The van der Waals surface area contributed by atoms with Crippen molar-refractivity contribution in [1.29, 1.82) is 0 Å². The highest BCUT2D eigenvalue weighted by Gasteiger charge is 2.21. The number of aromatic nitrogens is 1. The van der Waals surface area contributed by atoms with E-state index in [0.717, 1.165) is 11.1 Å². The molecule has 0 aliphatic rings. The van der Waals surface area contributed by atoms with Gasteiger partial charge in [0.15, 0.2) is 11.4 Å². The van der Waals surface area contributed by atoms with E-state index < -0.39 is 0 Å². The molecule has 2 rings (SSSR count). The normalized spacial score (nSPS) is 12.0. The number of oxazole rings is 1. The molecule has 0 unspecified atom stereocenters. The number of carbonyl (C=O) groups is 1. The summed E-state index contributed by atoms with van der Waals surface area (Å²) in [5, 5.41) is 2.85. The molecule has 96 valence electrons. The standard InChI is InChI=1S/C14H18N2O2/c1-14(2,3)13-16-10-7-9(11(17)8-15-4)5-6-12(10)18-13/h5-7,15H,8H2,1-4H3. The maximum absolute atomic E-state index is 11.8. The van der Waals surface area contributed by atoms with Gasteiger partial charge >= 0.3 is 0 Å². The van der Waals surface area contributed by atoms with Crippen LogP contribution in [0.3, 0.4) is 0 Å². The molecule has 0 saturated heterocycles. The Labute approximate surface area is 106 Å². The number of Topliss-reactive ketones (excluding diaryl/α,β-unsaturated/α-hetero) is 1. The second-order valence-electron chi connectivity index (χ2n) is 5.41. The van der Waals surface area contributed by atoms with E-state index in [-0.39, 0.29) is 11.2 Å². The molecule has 0 spiro atoms. The highest BCUT2D eigenvalue weighted by Crippen LogP contribution is 2.26. The molecule has 0 aliphatic carbocycles. The third-order valence-electron chi connectivity index (χ3n) is 2.69. The van der Waals surface area contributed by atoms with Gasteiger partial charge in [-0.1, -0.05) is 20.8 Å². The maximum atomic E-state index is 11.8. The average Bonchev–Trinajstić information content (AvgIpc) is 2.71. The Bertz CT molecular complexity index is 579. The minimum absolute atomic E-state index is 0.0553. The van der Waals surface area contributed by atoms with Crippen LogP contribution in [0.2, 0.25) is 0 Å². The zero-order valence-corrected chi connectivity index (χ0v) is 11.2. The molecule has 0 fully saturated rings. The summed E-state index contributed by atoms with van der Waals surface area (Å²) in [5.74, 6) is 0.746. The van der Waals surface area contributed by atoms with E-state index in [1.165, 1.54) is 0 Å². The van der Waals surface area contributed by atoms with Gasteiger partial charge in [-0.2, -0.15) is 0 Å². The summed E-state index contributed by atoms with van der Waals surface area (Å²) in [6.07, 6.45) is 0. The van der Waals surface area contributed by atoms with E-state index in [1.807, 2.05) is 20.8 Å². The smallest absolute Gasteiger partial charge is 0.200 e. The summed E-state index contributed by atoms with van der Waals surface area (Å²) < 4.78 is 5.69. The number of ketones is 1. The van der Waals surface area contributed by atoms with Crippen LogP contribution in [0.15, 0.2) is 22.6 Å². The van der Waals surface area contributed by atoms with E-state index in [4.69, 9.17) is 4.42 Å². The summed E-state index contributed by atoms with van der Waals surface area (Å²) in [4.78, 5) is 16.2. The summed E-state index contributed by atoms with van der Waals surface area (Å²) in [6, 6.07) is 5.37. The number of fused-ring (bicyclic) bond motifs is 1. The fourth-order valence-corrected chi connectivity index (χ4v) is 1.68. The van der Waals surface area contributed by atoms with Crippen molar-refractivity contribution in [3.63, 3.8) is 0 Å². The number of hydrogen-bond donors (Lipinski definition) is 1. The van der Waals surface area contributed by atoms with Crippen LogP contribution in [0.1, 0.15) is 37.0 Å². The van der Waals surface area contributed by atoms with E-state index in [0.29, 0.717) is 18.0 Å². The molecule has 1 heterocycles. The molecule has 0 aliphatic heterocycles. The Kier molecular flexibility index (Phi) is 3.22. The van der Waals surface area contributed by atoms with Gasteiger partial charge in [0.05, 0.1) is 6.54 Å². The molecule has 4 nitrogen and oxygen atoms in total. The van der Waals surface area contributed by atoms with Crippen molar-refractivity contribution >= 4 is 16.9 Å². The van der Waals surface area contributed by atoms with Crippen molar-refractivity contribution in [3.8, 4) is 0 Å². The number of nitrogens with one attached hydrogen (secondary N) is 1. The number of carbonyl (C=O) groups excluding carboxylic acids is 1. The Morgan fingerprint density at radius 3 is 2.72 bits per heavy atom. The van der Waals surface area contributed by atoms with E-state index in [2.05, 4.69) is 10.3 Å². The number of hydrogen-bond acceptors (Lipinski definition) is 4. The second-order valence-corrected chi connectivity index (χ2v) is 5.41. The van der Waals surface area contributed by atoms with Crippen LogP contribution in [-0.4, -0.2) is 24.4 Å². The molecular formula is C14H18N2O2. The van der Waals surface area contributed by atoms with Crippen LogP contribution in [0.5, 0.6) is 0 Å². The lowest BCUT2D eigenvalue weighted by atomic mass is 9.97. The SMILES string of the molecule is CNCC(=O)c1ccc2oc(C(C)(C)C)nc2c1. The lowest BCUT2D eigenvalue weighted by Crippen LogP contribution is -2.18. The molecule has 4 heteroatoms. The first kappa shape index (κ1) is 12.8. The highest BCUT2D eigenvalue weighted by molar-refractivity contribution is 5.99. The zero-order valence-electron chi connectivity index (χ0n) is 11.2. The zero-order chi connectivity index (χ0) is 13.3. The molecule has 0 radical (unpaired) electrons. The number of benzene rings is 1. The minimum atomic E-state index is -0.131. The van der Waals surface area contributed by atoms with Crippen molar-refractivity contribution in [1.82, 2.24) is 10.3 Å². The van der Waals surface area contributed by atoms with Crippen molar-refractivity contribution in [2.45, 2.75) is 26.2 Å². The topological polar surface area (TPSA) is 55.1 Å². The Morgan fingerprint density at radius 2 is 2.11 bits per heavy atom. The monoisotopic (exact) mass is 246 g/mol. The number of likely N-dealkylation sites (N-methyl/N-ethyl adjacent to an activating group) is 1. The predicted octanol–water partition coefficient (Wildman–Crippen LogP) is 2.53. The van der Waals surface area contributed by atoms with Crippen LogP contribution in [0, 0.1) is 0 Å². The van der Waals surface area contributed by atoms with Crippen molar-refractivity contribution in [3.05, 3.63) is 29.7 Å². The molecule has 0 amide bonds. The van der Waals surface area contributed by atoms with Gasteiger partial charge in [-0.25, -0.2) is 4.98 Å². The van der Waals surface area contributed by atoms with Gasteiger partial charge in [0.25, 0.3) is 0 Å². The first-order valence-electron chi connectivity index (χ1n) is 6.00. The molecule has 1 N–H and O–H groups in total. The van der Waals surface area contributed by atoms with E-state index in [1.54, 1.807) is 25.2 Å². The van der Waals surface area contributed by atoms with Gasteiger partial charge in [0, 0.05) is 11.0 Å². The minimum Gasteiger partial charge on any atom is -0.440 e. The summed E-state index contributed by atoms with van der Waals surface area (Å²) in [6.45, 7) is 6.47. The Morgan fingerprint density at radius 1 is 1.39 bits per heavy atom. The van der Waals surface area contributed by atoms with E-state index in [9.17, 15) is 4.79 Å². The molecule has 2 aromatic rings. The fraction of sp³-hybridized carbons (Fsp3) is 0.429. The molecule has 1 aromatic carbocycles. The highest BCUT2D eigenvalue weighted by atomic mass is 16.3. The van der Waals surface area contributed by atoms with Gasteiger partial charge in [-0.15, -0.1) is 0 Å². The van der Waals surface area contributed by atoms with Gasteiger partial charge in [0.1, 0.15) is 5.52 Å².